The number of hydrogen-bond donors (Lipinski definition) is 1. The lowest BCUT2D eigenvalue weighted by atomic mass is 10.1. The van der Waals surface area contributed by atoms with Gasteiger partial charge in [-0.1, -0.05) is 36.4 Å². The van der Waals surface area contributed by atoms with Gasteiger partial charge in [-0.05, 0) is 24.3 Å². The van der Waals surface area contributed by atoms with Crippen molar-refractivity contribution in [3.63, 3.8) is 0 Å². The molecule has 8 heteroatoms. The first-order valence-corrected chi connectivity index (χ1v) is 8.44. The number of methoxy groups -OCH3 is 1. The van der Waals surface area contributed by atoms with Gasteiger partial charge in [0.1, 0.15) is 0 Å². The van der Waals surface area contributed by atoms with E-state index < -0.39 is 42.5 Å². The maximum absolute atomic E-state index is 12.4. The fourth-order valence-corrected chi connectivity index (χ4v) is 2.80. The lowest BCUT2D eigenvalue weighted by molar-refractivity contribution is -0.172. The summed E-state index contributed by atoms with van der Waals surface area (Å²) in [6.07, 6.45) is -5.40. The lowest BCUT2D eigenvalue weighted by Crippen LogP contribution is -2.43. The molecule has 2 aromatic carbocycles. The van der Waals surface area contributed by atoms with Gasteiger partial charge in [-0.3, -0.25) is 0 Å². The molecule has 0 aliphatic carbocycles. The van der Waals surface area contributed by atoms with E-state index in [0.29, 0.717) is 0 Å². The molecular formula is C20H18O8. The van der Waals surface area contributed by atoms with Crippen LogP contribution in [-0.2, 0) is 23.7 Å². The summed E-state index contributed by atoms with van der Waals surface area (Å²) in [5.41, 5.74) is 0.477. The highest BCUT2D eigenvalue weighted by Crippen LogP contribution is 2.29. The van der Waals surface area contributed by atoms with E-state index in [0.717, 1.165) is 0 Å². The minimum atomic E-state index is -1.55. The fraction of sp³-hybridized carbons (Fsp3) is 0.250. The van der Waals surface area contributed by atoms with E-state index in [1.54, 1.807) is 48.5 Å². The third kappa shape index (κ3) is 4.19. The van der Waals surface area contributed by atoms with Gasteiger partial charge in [0, 0.05) is 7.11 Å². The van der Waals surface area contributed by atoms with Crippen LogP contribution in [0.5, 0.6) is 0 Å². The van der Waals surface area contributed by atoms with Gasteiger partial charge in [0.2, 0.25) is 0 Å². The van der Waals surface area contributed by atoms with Gasteiger partial charge in [0.25, 0.3) is 0 Å². The molecule has 4 atom stereocenters. The molecule has 1 heterocycles. The van der Waals surface area contributed by atoms with Crippen molar-refractivity contribution in [1.82, 2.24) is 0 Å². The van der Waals surface area contributed by atoms with Crippen LogP contribution in [0.1, 0.15) is 20.7 Å². The summed E-state index contributed by atoms with van der Waals surface area (Å²) in [7, 11) is 1.27. The normalized spacial score (nSPS) is 23.8. The number of carboxylic acids is 1. The first-order valence-electron chi connectivity index (χ1n) is 8.44. The number of aliphatic carboxylic acids is 1. The van der Waals surface area contributed by atoms with E-state index in [4.69, 9.17) is 18.9 Å². The van der Waals surface area contributed by atoms with Crippen LogP contribution in [0.4, 0.5) is 0 Å². The predicted octanol–water partition coefficient (Wildman–Crippen LogP) is 1.89. The molecule has 28 heavy (non-hydrogen) atoms. The molecule has 0 unspecified atom stereocenters. The molecule has 3 rings (SSSR count). The highest BCUT2D eigenvalue weighted by atomic mass is 16.7. The largest absolute Gasteiger partial charge is 0.479 e. The third-order valence-corrected chi connectivity index (χ3v) is 4.15. The Morgan fingerprint density at radius 1 is 0.821 bits per heavy atom. The molecule has 0 bridgehead atoms. The summed E-state index contributed by atoms with van der Waals surface area (Å²) in [6.45, 7) is 0. The van der Waals surface area contributed by atoms with Gasteiger partial charge in [0.15, 0.2) is 24.6 Å². The zero-order valence-corrected chi connectivity index (χ0v) is 14.9. The van der Waals surface area contributed by atoms with E-state index in [2.05, 4.69) is 0 Å². The van der Waals surface area contributed by atoms with E-state index >= 15 is 0 Å². The van der Waals surface area contributed by atoms with Crippen molar-refractivity contribution < 1.29 is 38.4 Å². The Hall–Kier alpha value is -3.23. The molecule has 0 aromatic heterocycles. The number of carboxylic acid groups (broad SMARTS) is 1. The van der Waals surface area contributed by atoms with Crippen LogP contribution in [-0.4, -0.2) is 54.7 Å². The van der Waals surface area contributed by atoms with Crippen molar-refractivity contribution in [1.29, 1.82) is 0 Å². The number of ether oxygens (including phenoxy) is 4. The summed E-state index contributed by atoms with van der Waals surface area (Å²) in [4.78, 5) is 36.4. The van der Waals surface area contributed by atoms with Gasteiger partial charge in [0.05, 0.1) is 11.1 Å². The summed E-state index contributed by atoms with van der Waals surface area (Å²) < 4.78 is 21.2. The van der Waals surface area contributed by atoms with Crippen molar-refractivity contribution in [2.24, 2.45) is 0 Å². The number of carbonyl (C=O) groups excluding carboxylic acids is 2. The standard InChI is InChI=1S/C20H18O8/c1-25-20-16(27-19(24)13-10-6-3-7-11-13)14(15(28-20)17(21)22)26-18(23)12-8-4-2-5-9-12/h2-11,14-16,20H,1H3,(H,21,22)/t14-,15+,16-,20-/m1/s1. The maximum Gasteiger partial charge on any atom is 0.338 e. The summed E-state index contributed by atoms with van der Waals surface area (Å²) in [6, 6.07) is 16.2. The quantitative estimate of drug-likeness (QED) is 0.750. The number of rotatable bonds is 6. The Balaban J connectivity index is 1.84. The molecule has 8 nitrogen and oxygen atoms in total. The van der Waals surface area contributed by atoms with Crippen LogP contribution >= 0.6 is 0 Å². The van der Waals surface area contributed by atoms with Crippen LogP contribution in [0.15, 0.2) is 60.7 Å². The van der Waals surface area contributed by atoms with Gasteiger partial charge >= 0.3 is 17.9 Å². The van der Waals surface area contributed by atoms with Crippen molar-refractivity contribution >= 4 is 17.9 Å². The Bertz CT molecular complexity index is 836. The molecule has 1 aliphatic rings. The van der Waals surface area contributed by atoms with Crippen molar-refractivity contribution in [3.05, 3.63) is 71.8 Å². The second-order valence-corrected chi connectivity index (χ2v) is 5.97. The Morgan fingerprint density at radius 3 is 1.71 bits per heavy atom. The Kier molecular flexibility index (Phi) is 6.03. The second kappa shape index (κ2) is 8.64. The smallest absolute Gasteiger partial charge is 0.338 e. The highest BCUT2D eigenvalue weighted by Gasteiger charge is 2.53. The van der Waals surface area contributed by atoms with Gasteiger partial charge < -0.3 is 24.1 Å². The molecule has 0 radical (unpaired) electrons. The maximum atomic E-state index is 12.4. The fourth-order valence-electron chi connectivity index (χ4n) is 2.80. The SMILES string of the molecule is CO[C@@H]1O[C@H](C(=O)O)[C@@H](OC(=O)c2ccccc2)[C@H]1OC(=O)c1ccccc1. The van der Waals surface area contributed by atoms with Gasteiger partial charge in [-0.15, -0.1) is 0 Å². The third-order valence-electron chi connectivity index (χ3n) is 4.15. The monoisotopic (exact) mass is 386 g/mol. The molecule has 0 amide bonds. The molecule has 1 saturated heterocycles. The van der Waals surface area contributed by atoms with E-state index in [9.17, 15) is 19.5 Å². The summed E-state index contributed by atoms with van der Waals surface area (Å²) in [5, 5.41) is 9.44. The molecule has 2 aromatic rings. The minimum absolute atomic E-state index is 0.223. The highest BCUT2D eigenvalue weighted by molar-refractivity contribution is 5.91. The van der Waals surface area contributed by atoms with Crippen LogP contribution in [0.2, 0.25) is 0 Å². The Morgan fingerprint density at radius 2 is 1.29 bits per heavy atom. The average Bonchev–Trinajstić information content (AvgIpc) is 3.06. The molecule has 0 saturated carbocycles. The first kappa shape index (κ1) is 19.5. The molecule has 1 aliphatic heterocycles. The number of hydrogen-bond acceptors (Lipinski definition) is 7. The molecule has 1 N–H and O–H groups in total. The van der Waals surface area contributed by atoms with Crippen LogP contribution in [0, 0.1) is 0 Å². The van der Waals surface area contributed by atoms with E-state index in [1.165, 1.54) is 19.2 Å². The molecule has 1 fully saturated rings. The summed E-state index contributed by atoms with van der Waals surface area (Å²) >= 11 is 0. The van der Waals surface area contributed by atoms with Crippen LogP contribution < -0.4 is 0 Å². The molecule has 0 spiro atoms. The average molecular weight is 386 g/mol. The van der Waals surface area contributed by atoms with Gasteiger partial charge in [-0.25, -0.2) is 14.4 Å². The molecule has 146 valence electrons. The number of carbonyl (C=O) groups is 3. The second-order valence-electron chi connectivity index (χ2n) is 5.97. The first-order chi connectivity index (χ1) is 13.5. The van der Waals surface area contributed by atoms with Gasteiger partial charge in [-0.2, -0.15) is 0 Å². The number of benzene rings is 2. The van der Waals surface area contributed by atoms with Crippen molar-refractivity contribution in [2.45, 2.75) is 24.6 Å². The predicted molar refractivity (Wildman–Crippen MR) is 94.6 cm³/mol. The van der Waals surface area contributed by atoms with Crippen molar-refractivity contribution in [3.8, 4) is 0 Å². The topological polar surface area (TPSA) is 108 Å². The lowest BCUT2D eigenvalue weighted by Gasteiger charge is -2.23. The minimum Gasteiger partial charge on any atom is -0.479 e. The Labute approximate surface area is 160 Å². The van der Waals surface area contributed by atoms with Crippen molar-refractivity contribution in [2.75, 3.05) is 7.11 Å². The zero-order chi connectivity index (χ0) is 20.1. The van der Waals surface area contributed by atoms with Crippen LogP contribution in [0.25, 0.3) is 0 Å². The molecular weight excluding hydrogens is 368 g/mol. The van der Waals surface area contributed by atoms with E-state index in [1.807, 2.05) is 0 Å². The zero-order valence-electron chi connectivity index (χ0n) is 14.9. The summed E-state index contributed by atoms with van der Waals surface area (Å²) in [5.74, 6) is -2.85. The van der Waals surface area contributed by atoms with Crippen LogP contribution in [0.3, 0.4) is 0 Å². The van der Waals surface area contributed by atoms with E-state index in [-0.39, 0.29) is 11.1 Å². The number of esters is 2.